The molecule has 1 atom stereocenters. The van der Waals surface area contributed by atoms with Crippen LogP contribution in [0.3, 0.4) is 0 Å². The molecule has 0 saturated carbocycles. The Balaban J connectivity index is 2.61. The molecule has 1 aromatic rings. The Morgan fingerprint density at radius 1 is 1.65 bits per heavy atom. The average molecular weight is 262 g/mol. The van der Waals surface area contributed by atoms with E-state index in [1.807, 2.05) is 0 Å². The minimum atomic E-state index is -4.18. The summed E-state index contributed by atoms with van der Waals surface area (Å²) in [5, 5.41) is 4.94. The van der Waals surface area contributed by atoms with Crippen LogP contribution in [0, 0.1) is 0 Å². The maximum absolute atomic E-state index is 11.5. The van der Waals surface area contributed by atoms with Gasteiger partial charge in [0.15, 0.2) is 0 Å². The van der Waals surface area contributed by atoms with Crippen molar-refractivity contribution in [2.75, 3.05) is 13.3 Å². The molecule has 0 aliphatic carbocycles. The fourth-order valence-electron chi connectivity index (χ4n) is 1.27. The number of nitrogens with one attached hydrogen (secondary N) is 3. The Labute approximate surface area is 98.0 Å². The van der Waals surface area contributed by atoms with Crippen molar-refractivity contribution in [1.82, 2.24) is 20.6 Å². The minimum Gasteiger partial charge on any atom is -0.358 e. The monoisotopic (exact) mass is 262 g/mol. The number of aromatic amines is 1. The van der Waals surface area contributed by atoms with E-state index in [1.165, 1.54) is 13.4 Å². The van der Waals surface area contributed by atoms with E-state index in [1.54, 1.807) is 6.20 Å². The van der Waals surface area contributed by atoms with Gasteiger partial charge in [0.2, 0.25) is 5.91 Å². The van der Waals surface area contributed by atoms with Gasteiger partial charge in [-0.3, -0.25) is 14.7 Å². The zero-order valence-electron chi connectivity index (χ0n) is 9.25. The molecule has 0 radical (unpaired) electrons. The molecule has 0 unspecified atom stereocenters. The number of carbonyl (C=O) groups is 1. The molecule has 96 valence electrons. The van der Waals surface area contributed by atoms with Crippen LogP contribution in [0.15, 0.2) is 12.5 Å². The van der Waals surface area contributed by atoms with Crippen LogP contribution < -0.4 is 10.6 Å². The molecule has 0 aliphatic heterocycles. The van der Waals surface area contributed by atoms with Gasteiger partial charge in [-0.25, -0.2) is 4.98 Å². The van der Waals surface area contributed by atoms with Gasteiger partial charge in [0.05, 0.1) is 24.3 Å². The fraction of sp³-hybridized carbons (Fsp3) is 0.500. The van der Waals surface area contributed by atoms with Crippen molar-refractivity contribution in [2.24, 2.45) is 0 Å². The van der Waals surface area contributed by atoms with E-state index in [-0.39, 0.29) is 12.3 Å². The standard InChI is InChI=1S/C8H15N4O4P/c1-9-8(13)7(12-5-17(14,15)16)2-6-3-10-4-11-6/h3-4,7,12H,2,5H2,1H3,(H,9,13)(H,10,11)(H2,14,15,16)/t7-/m0/s1. The van der Waals surface area contributed by atoms with Crippen molar-refractivity contribution in [3.8, 4) is 0 Å². The van der Waals surface area contributed by atoms with Gasteiger partial charge in [-0.1, -0.05) is 0 Å². The summed E-state index contributed by atoms with van der Waals surface area (Å²) in [5.41, 5.74) is 0.636. The van der Waals surface area contributed by atoms with Gasteiger partial charge in [0.25, 0.3) is 0 Å². The van der Waals surface area contributed by atoms with E-state index in [4.69, 9.17) is 9.79 Å². The lowest BCUT2D eigenvalue weighted by molar-refractivity contribution is -0.122. The molecule has 0 fully saturated rings. The number of nitrogens with zero attached hydrogens (tertiary/aromatic N) is 1. The second-order valence-electron chi connectivity index (χ2n) is 3.46. The largest absolute Gasteiger partial charge is 0.358 e. The molecular formula is C8H15N4O4P. The molecule has 0 saturated heterocycles. The van der Waals surface area contributed by atoms with Crippen LogP contribution in [0.2, 0.25) is 0 Å². The SMILES string of the molecule is CNC(=O)[C@H](Cc1c[nH]cn1)NCP(=O)(O)O. The zero-order valence-corrected chi connectivity index (χ0v) is 10.1. The molecule has 1 aromatic heterocycles. The van der Waals surface area contributed by atoms with Gasteiger partial charge in [0.1, 0.15) is 0 Å². The van der Waals surface area contributed by atoms with E-state index in [0.29, 0.717) is 5.69 Å². The highest BCUT2D eigenvalue weighted by Gasteiger charge is 2.22. The highest BCUT2D eigenvalue weighted by atomic mass is 31.2. The lowest BCUT2D eigenvalue weighted by Crippen LogP contribution is -2.44. The number of H-pyrrole nitrogens is 1. The molecule has 17 heavy (non-hydrogen) atoms. The van der Waals surface area contributed by atoms with Crippen LogP contribution in [0.5, 0.6) is 0 Å². The Hall–Kier alpha value is -1.21. The third-order valence-electron chi connectivity index (χ3n) is 2.07. The van der Waals surface area contributed by atoms with Gasteiger partial charge in [-0.05, 0) is 0 Å². The lowest BCUT2D eigenvalue weighted by atomic mass is 10.1. The second-order valence-corrected chi connectivity index (χ2v) is 5.10. The fourth-order valence-corrected chi connectivity index (χ4v) is 1.73. The van der Waals surface area contributed by atoms with Gasteiger partial charge in [0, 0.05) is 19.7 Å². The highest BCUT2D eigenvalue weighted by Crippen LogP contribution is 2.32. The quantitative estimate of drug-likeness (QED) is 0.409. The zero-order chi connectivity index (χ0) is 12.9. The van der Waals surface area contributed by atoms with Crippen molar-refractivity contribution in [1.29, 1.82) is 0 Å². The van der Waals surface area contributed by atoms with Gasteiger partial charge >= 0.3 is 7.60 Å². The number of rotatable bonds is 6. The van der Waals surface area contributed by atoms with E-state index in [9.17, 15) is 9.36 Å². The first kappa shape index (κ1) is 13.9. The van der Waals surface area contributed by atoms with Crippen molar-refractivity contribution < 1.29 is 19.1 Å². The Kier molecular flexibility index (Phi) is 4.83. The van der Waals surface area contributed by atoms with E-state index < -0.39 is 19.9 Å². The molecule has 0 aromatic carbocycles. The summed E-state index contributed by atoms with van der Waals surface area (Å²) < 4.78 is 10.7. The minimum absolute atomic E-state index is 0.253. The summed E-state index contributed by atoms with van der Waals surface area (Å²) in [7, 11) is -2.72. The Morgan fingerprint density at radius 3 is 2.82 bits per heavy atom. The van der Waals surface area contributed by atoms with Gasteiger partial charge in [-0.2, -0.15) is 0 Å². The van der Waals surface area contributed by atoms with E-state index >= 15 is 0 Å². The summed E-state index contributed by atoms with van der Waals surface area (Å²) >= 11 is 0. The van der Waals surface area contributed by atoms with Crippen molar-refractivity contribution in [3.63, 3.8) is 0 Å². The molecule has 9 heteroatoms. The van der Waals surface area contributed by atoms with Crippen molar-refractivity contribution >= 4 is 13.5 Å². The second kappa shape index (κ2) is 5.92. The molecule has 1 amide bonds. The first-order valence-electron chi connectivity index (χ1n) is 4.89. The summed E-state index contributed by atoms with van der Waals surface area (Å²) in [6, 6.07) is -0.726. The van der Waals surface area contributed by atoms with E-state index in [2.05, 4.69) is 20.6 Å². The maximum Gasteiger partial charge on any atom is 0.339 e. The molecule has 5 N–H and O–H groups in total. The molecule has 0 spiro atoms. The molecule has 0 aliphatic rings. The summed E-state index contributed by atoms with van der Waals surface area (Å²) in [4.78, 5) is 35.7. The van der Waals surface area contributed by atoms with Crippen LogP contribution in [0.1, 0.15) is 5.69 Å². The lowest BCUT2D eigenvalue weighted by Gasteiger charge is -2.16. The van der Waals surface area contributed by atoms with Crippen LogP contribution in [-0.2, 0) is 15.8 Å². The predicted molar refractivity (Wildman–Crippen MR) is 60.2 cm³/mol. The normalized spacial score (nSPS) is 13.4. The van der Waals surface area contributed by atoms with Crippen LogP contribution in [0.25, 0.3) is 0 Å². The number of hydrogen-bond acceptors (Lipinski definition) is 4. The van der Waals surface area contributed by atoms with Crippen LogP contribution in [0.4, 0.5) is 0 Å². The first-order chi connectivity index (χ1) is 7.92. The molecule has 8 nitrogen and oxygen atoms in total. The number of hydrogen-bond donors (Lipinski definition) is 5. The van der Waals surface area contributed by atoms with Crippen molar-refractivity contribution in [2.45, 2.75) is 12.5 Å². The van der Waals surface area contributed by atoms with E-state index in [0.717, 1.165) is 0 Å². The van der Waals surface area contributed by atoms with Crippen LogP contribution in [-0.4, -0.2) is 45.0 Å². The summed E-state index contributed by atoms with van der Waals surface area (Å²) in [6.07, 6.45) is 2.80. The van der Waals surface area contributed by atoms with Gasteiger partial charge in [-0.15, -0.1) is 0 Å². The number of aromatic nitrogens is 2. The molecular weight excluding hydrogens is 247 g/mol. The predicted octanol–water partition coefficient (Wildman–Crippen LogP) is -1.21. The highest BCUT2D eigenvalue weighted by molar-refractivity contribution is 7.51. The summed E-state index contributed by atoms with van der Waals surface area (Å²) in [5.74, 6) is -0.346. The molecule has 1 rings (SSSR count). The molecule has 1 heterocycles. The van der Waals surface area contributed by atoms with Crippen LogP contribution >= 0.6 is 7.60 Å². The number of carbonyl (C=O) groups excluding carboxylic acids is 1. The average Bonchev–Trinajstić information content (AvgIpc) is 2.74. The summed E-state index contributed by atoms with van der Waals surface area (Å²) in [6.45, 7) is 0. The third kappa shape index (κ3) is 5.10. The smallest absolute Gasteiger partial charge is 0.339 e. The number of likely N-dealkylation sites (N-methyl/N-ethyl adjacent to an activating group) is 1. The number of amides is 1. The van der Waals surface area contributed by atoms with Crippen molar-refractivity contribution in [3.05, 3.63) is 18.2 Å². The maximum atomic E-state index is 11.5. The Bertz CT molecular complexity index is 402. The first-order valence-corrected chi connectivity index (χ1v) is 6.69. The third-order valence-corrected chi connectivity index (χ3v) is 2.67. The number of imidazole rings is 1. The Morgan fingerprint density at radius 2 is 2.35 bits per heavy atom. The molecule has 0 bridgehead atoms. The van der Waals surface area contributed by atoms with Gasteiger partial charge < -0.3 is 20.1 Å². The topological polar surface area (TPSA) is 127 Å².